The average Bonchev–Trinajstić information content (AvgIpc) is 2.66. The Labute approximate surface area is 161 Å². The molecule has 6 heteroatoms. The van der Waals surface area contributed by atoms with Gasteiger partial charge >= 0.3 is 0 Å². The van der Waals surface area contributed by atoms with Crippen LogP contribution in [-0.2, 0) is 22.9 Å². The van der Waals surface area contributed by atoms with Crippen molar-refractivity contribution in [3.05, 3.63) is 52.6 Å². The van der Waals surface area contributed by atoms with Gasteiger partial charge in [-0.1, -0.05) is 12.1 Å². The Kier molecular flexibility index (Phi) is 6.07. The molecule has 0 aromatic heterocycles. The van der Waals surface area contributed by atoms with Crippen molar-refractivity contribution in [1.82, 2.24) is 4.72 Å². The Bertz CT molecular complexity index is 922. The van der Waals surface area contributed by atoms with Gasteiger partial charge in [0, 0.05) is 6.54 Å². The minimum absolute atomic E-state index is 0.190. The number of nitrogens with one attached hydrogen (secondary N) is 1. The highest BCUT2D eigenvalue weighted by molar-refractivity contribution is 7.89. The Morgan fingerprint density at radius 1 is 1.00 bits per heavy atom. The van der Waals surface area contributed by atoms with Gasteiger partial charge in [0.05, 0.1) is 7.11 Å². The van der Waals surface area contributed by atoms with Crippen molar-refractivity contribution in [2.75, 3.05) is 20.3 Å². The van der Waals surface area contributed by atoms with Crippen molar-refractivity contribution < 1.29 is 17.9 Å². The standard InChI is InChI=1S/C21H27NO4S/c1-15-8-9-16(2)19(12-15)26-11-10-22-27(23,24)21-14-18-7-5-4-6-17(18)13-20(21)25-3/h8-9,12-14,22H,4-7,10-11H2,1-3H3. The number of sulfonamides is 1. The van der Waals surface area contributed by atoms with Crippen molar-refractivity contribution in [3.63, 3.8) is 0 Å². The van der Waals surface area contributed by atoms with Gasteiger partial charge in [-0.05, 0) is 80.0 Å². The fourth-order valence-electron chi connectivity index (χ4n) is 3.39. The molecule has 146 valence electrons. The molecule has 2 aromatic rings. The highest BCUT2D eigenvalue weighted by Gasteiger charge is 2.23. The van der Waals surface area contributed by atoms with Crippen molar-refractivity contribution in [2.24, 2.45) is 0 Å². The van der Waals surface area contributed by atoms with Crippen LogP contribution in [0, 0.1) is 13.8 Å². The van der Waals surface area contributed by atoms with E-state index in [2.05, 4.69) is 4.72 Å². The minimum Gasteiger partial charge on any atom is -0.495 e. The first-order chi connectivity index (χ1) is 12.9. The SMILES string of the molecule is COc1cc2c(cc1S(=O)(=O)NCCOc1cc(C)ccc1C)CCCC2. The fraction of sp³-hybridized carbons (Fsp3) is 0.429. The Morgan fingerprint density at radius 3 is 2.41 bits per heavy atom. The molecule has 1 aliphatic carbocycles. The van der Waals surface area contributed by atoms with Crippen molar-refractivity contribution in [3.8, 4) is 11.5 Å². The molecular weight excluding hydrogens is 362 g/mol. The smallest absolute Gasteiger partial charge is 0.244 e. The second-order valence-electron chi connectivity index (χ2n) is 6.99. The molecule has 2 aromatic carbocycles. The maximum Gasteiger partial charge on any atom is 0.244 e. The third-order valence-corrected chi connectivity index (χ3v) is 6.40. The molecular formula is C21H27NO4S. The summed E-state index contributed by atoms with van der Waals surface area (Å²) in [5, 5.41) is 0. The van der Waals surface area contributed by atoms with Crippen LogP contribution in [0.3, 0.4) is 0 Å². The van der Waals surface area contributed by atoms with Gasteiger partial charge in [-0.15, -0.1) is 0 Å². The maximum absolute atomic E-state index is 12.8. The summed E-state index contributed by atoms with van der Waals surface area (Å²) >= 11 is 0. The van der Waals surface area contributed by atoms with Gasteiger partial charge < -0.3 is 9.47 Å². The lowest BCUT2D eigenvalue weighted by molar-refractivity contribution is 0.320. The van der Waals surface area contributed by atoms with Crippen molar-refractivity contribution >= 4 is 10.0 Å². The second kappa shape index (κ2) is 8.31. The van der Waals surface area contributed by atoms with Gasteiger partial charge in [-0.3, -0.25) is 0 Å². The van der Waals surface area contributed by atoms with E-state index < -0.39 is 10.0 Å². The van der Waals surface area contributed by atoms with Crippen LogP contribution in [0.1, 0.15) is 35.1 Å². The van der Waals surface area contributed by atoms with Crippen LogP contribution in [-0.4, -0.2) is 28.7 Å². The van der Waals surface area contributed by atoms with Crippen LogP contribution in [0.25, 0.3) is 0 Å². The van der Waals surface area contributed by atoms with E-state index in [4.69, 9.17) is 9.47 Å². The normalized spacial score (nSPS) is 13.9. The quantitative estimate of drug-likeness (QED) is 0.736. The molecule has 0 aliphatic heterocycles. The zero-order valence-corrected chi connectivity index (χ0v) is 17.0. The molecule has 0 bridgehead atoms. The molecule has 0 atom stereocenters. The first kappa shape index (κ1) is 19.7. The molecule has 5 nitrogen and oxygen atoms in total. The summed E-state index contributed by atoms with van der Waals surface area (Å²) in [5.41, 5.74) is 4.43. The summed E-state index contributed by atoms with van der Waals surface area (Å²) in [6.45, 7) is 4.42. The van der Waals surface area contributed by atoms with Crippen LogP contribution in [0.5, 0.6) is 11.5 Å². The van der Waals surface area contributed by atoms with E-state index in [1.807, 2.05) is 38.1 Å². The van der Waals surface area contributed by atoms with Crippen LogP contribution in [0.2, 0.25) is 0 Å². The Morgan fingerprint density at radius 2 is 1.70 bits per heavy atom. The second-order valence-corrected chi connectivity index (χ2v) is 8.73. The van der Waals surface area contributed by atoms with Crippen molar-refractivity contribution in [2.45, 2.75) is 44.4 Å². The van der Waals surface area contributed by atoms with Crippen LogP contribution >= 0.6 is 0 Å². The number of rotatable bonds is 7. The summed E-state index contributed by atoms with van der Waals surface area (Å²) in [6.07, 6.45) is 4.12. The van der Waals surface area contributed by atoms with Gasteiger partial charge in [-0.2, -0.15) is 0 Å². The summed E-state index contributed by atoms with van der Waals surface area (Å²) in [4.78, 5) is 0.206. The molecule has 0 amide bonds. The Balaban J connectivity index is 1.68. The summed E-state index contributed by atoms with van der Waals surface area (Å²) in [6, 6.07) is 9.60. The molecule has 0 radical (unpaired) electrons. The van der Waals surface area contributed by atoms with E-state index in [1.54, 1.807) is 6.07 Å². The van der Waals surface area contributed by atoms with Gasteiger partial charge in [0.2, 0.25) is 10.0 Å². The summed E-state index contributed by atoms with van der Waals surface area (Å²) < 4.78 is 39.3. The van der Waals surface area contributed by atoms with E-state index in [0.717, 1.165) is 48.1 Å². The molecule has 1 N–H and O–H groups in total. The summed E-state index contributed by atoms with van der Waals surface area (Å²) in [5.74, 6) is 1.18. The van der Waals surface area contributed by atoms with E-state index in [-0.39, 0.29) is 18.0 Å². The molecule has 27 heavy (non-hydrogen) atoms. The largest absolute Gasteiger partial charge is 0.495 e. The molecule has 0 saturated carbocycles. The Hall–Kier alpha value is -2.05. The zero-order chi connectivity index (χ0) is 19.4. The van der Waals surface area contributed by atoms with E-state index in [0.29, 0.717) is 5.75 Å². The van der Waals surface area contributed by atoms with E-state index in [1.165, 1.54) is 12.7 Å². The lowest BCUT2D eigenvalue weighted by Gasteiger charge is -2.19. The monoisotopic (exact) mass is 389 g/mol. The van der Waals surface area contributed by atoms with Crippen LogP contribution in [0.4, 0.5) is 0 Å². The maximum atomic E-state index is 12.8. The van der Waals surface area contributed by atoms with Crippen molar-refractivity contribution in [1.29, 1.82) is 0 Å². The number of aryl methyl sites for hydroxylation is 4. The molecule has 0 saturated heterocycles. The first-order valence-corrected chi connectivity index (χ1v) is 10.8. The van der Waals surface area contributed by atoms with Gasteiger partial charge in [0.1, 0.15) is 23.0 Å². The molecule has 1 aliphatic rings. The number of benzene rings is 2. The number of hydrogen-bond donors (Lipinski definition) is 1. The van der Waals surface area contributed by atoms with Crippen LogP contribution < -0.4 is 14.2 Å². The third kappa shape index (κ3) is 4.62. The number of methoxy groups -OCH3 is 1. The van der Waals surface area contributed by atoms with Gasteiger partial charge in [-0.25, -0.2) is 13.1 Å². The predicted octanol–water partition coefficient (Wildman–Crippen LogP) is 3.55. The zero-order valence-electron chi connectivity index (χ0n) is 16.2. The number of ether oxygens (including phenoxy) is 2. The highest BCUT2D eigenvalue weighted by Crippen LogP contribution is 2.31. The van der Waals surface area contributed by atoms with Gasteiger partial charge in [0.25, 0.3) is 0 Å². The molecule has 0 fully saturated rings. The topological polar surface area (TPSA) is 64.6 Å². The number of hydrogen-bond acceptors (Lipinski definition) is 4. The predicted molar refractivity (Wildman–Crippen MR) is 106 cm³/mol. The van der Waals surface area contributed by atoms with Crippen LogP contribution in [0.15, 0.2) is 35.2 Å². The highest BCUT2D eigenvalue weighted by atomic mass is 32.2. The molecule has 3 rings (SSSR count). The lowest BCUT2D eigenvalue weighted by atomic mass is 9.92. The summed E-state index contributed by atoms with van der Waals surface area (Å²) in [7, 11) is -2.16. The van der Waals surface area contributed by atoms with Gasteiger partial charge in [0.15, 0.2) is 0 Å². The fourth-order valence-corrected chi connectivity index (χ4v) is 4.60. The molecule has 0 heterocycles. The molecule has 0 unspecified atom stereocenters. The molecule has 0 spiro atoms. The third-order valence-electron chi connectivity index (χ3n) is 4.91. The van der Waals surface area contributed by atoms with E-state index in [9.17, 15) is 8.42 Å². The minimum atomic E-state index is -3.66. The van der Waals surface area contributed by atoms with E-state index >= 15 is 0 Å². The lowest BCUT2D eigenvalue weighted by Crippen LogP contribution is -2.29. The first-order valence-electron chi connectivity index (χ1n) is 9.30. The number of fused-ring (bicyclic) bond motifs is 1. The average molecular weight is 390 g/mol.